The molecule has 0 atom stereocenters. The molecule has 0 bridgehead atoms. The number of amides is 1. The summed E-state index contributed by atoms with van der Waals surface area (Å²) in [5.41, 5.74) is 3.31. The molecule has 1 fully saturated rings. The Morgan fingerprint density at radius 1 is 1.13 bits per heavy atom. The van der Waals surface area contributed by atoms with Gasteiger partial charge in [0.2, 0.25) is 11.9 Å². The Morgan fingerprint density at radius 3 is 2.77 bits per heavy atom. The second-order valence-electron chi connectivity index (χ2n) is 6.96. The van der Waals surface area contributed by atoms with Crippen LogP contribution in [0.2, 0.25) is 0 Å². The van der Waals surface area contributed by atoms with Crippen LogP contribution in [0.5, 0.6) is 0 Å². The van der Waals surface area contributed by atoms with E-state index in [-0.39, 0.29) is 0 Å². The van der Waals surface area contributed by atoms with Crippen molar-refractivity contribution in [2.24, 2.45) is 0 Å². The average molecular weight is 419 g/mol. The zero-order valence-corrected chi connectivity index (χ0v) is 16.8. The van der Waals surface area contributed by atoms with Crippen molar-refractivity contribution in [2.75, 3.05) is 41.8 Å². The van der Waals surface area contributed by atoms with Gasteiger partial charge in [-0.25, -0.2) is 14.4 Å². The highest BCUT2D eigenvalue weighted by Crippen LogP contribution is 2.26. The van der Waals surface area contributed by atoms with E-state index in [0.29, 0.717) is 36.1 Å². The Hall–Kier alpha value is -3.78. The summed E-state index contributed by atoms with van der Waals surface area (Å²) in [5, 5.41) is 5.77. The summed E-state index contributed by atoms with van der Waals surface area (Å²) < 4.78 is 19.5. The largest absolute Gasteiger partial charge is 0.378 e. The van der Waals surface area contributed by atoms with Gasteiger partial charge >= 0.3 is 0 Å². The SMILES string of the molecule is C=CC(=O)Nc1cc(F)cc(-c2ccnc(Nc3cccc(N4CCOCC4)c3)n2)c1. The van der Waals surface area contributed by atoms with Gasteiger partial charge in [-0.1, -0.05) is 12.6 Å². The third kappa shape index (κ3) is 5.23. The summed E-state index contributed by atoms with van der Waals surface area (Å²) in [4.78, 5) is 22.6. The first-order valence-corrected chi connectivity index (χ1v) is 9.88. The number of hydrogen-bond acceptors (Lipinski definition) is 6. The lowest BCUT2D eigenvalue weighted by molar-refractivity contribution is -0.111. The quantitative estimate of drug-likeness (QED) is 0.589. The van der Waals surface area contributed by atoms with E-state index < -0.39 is 11.7 Å². The van der Waals surface area contributed by atoms with Crippen LogP contribution in [-0.4, -0.2) is 42.2 Å². The summed E-state index contributed by atoms with van der Waals surface area (Å²) in [6, 6.07) is 13.9. The maximum Gasteiger partial charge on any atom is 0.247 e. The minimum atomic E-state index is -0.483. The van der Waals surface area contributed by atoms with E-state index >= 15 is 0 Å². The molecule has 2 heterocycles. The number of nitrogens with one attached hydrogen (secondary N) is 2. The van der Waals surface area contributed by atoms with Crippen LogP contribution in [0.15, 0.2) is 67.4 Å². The number of aromatic nitrogens is 2. The molecular weight excluding hydrogens is 397 g/mol. The molecule has 158 valence electrons. The zero-order chi connectivity index (χ0) is 21.6. The maximum atomic E-state index is 14.1. The van der Waals surface area contributed by atoms with E-state index in [0.717, 1.165) is 30.5 Å². The van der Waals surface area contributed by atoms with Crippen molar-refractivity contribution in [1.82, 2.24) is 9.97 Å². The molecule has 0 radical (unpaired) electrons. The van der Waals surface area contributed by atoms with Crippen molar-refractivity contribution < 1.29 is 13.9 Å². The van der Waals surface area contributed by atoms with Gasteiger partial charge < -0.3 is 20.3 Å². The summed E-state index contributed by atoms with van der Waals surface area (Å²) in [6.07, 6.45) is 2.73. The van der Waals surface area contributed by atoms with Gasteiger partial charge in [0.1, 0.15) is 5.82 Å². The van der Waals surface area contributed by atoms with Gasteiger partial charge in [-0.15, -0.1) is 0 Å². The number of anilines is 4. The van der Waals surface area contributed by atoms with Crippen molar-refractivity contribution in [3.63, 3.8) is 0 Å². The molecule has 1 aliphatic heterocycles. The topological polar surface area (TPSA) is 79.4 Å². The van der Waals surface area contributed by atoms with Gasteiger partial charge in [-0.2, -0.15) is 0 Å². The molecular formula is C23H22FN5O2. The molecule has 0 unspecified atom stereocenters. The molecule has 0 aliphatic carbocycles. The maximum absolute atomic E-state index is 14.1. The predicted octanol–water partition coefficient (Wildman–Crippen LogP) is 3.99. The van der Waals surface area contributed by atoms with Gasteiger partial charge in [0, 0.05) is 41.9 Å². The van der Waals surface area contributed by atoms with Crippen molar-refractivity contribution >= 4 is 28.9 Å². The van der Waals surface area contributed by atoms with Gasteiger partial charge in [-0.3, -0.25) is 4.79 Å². The lowest BCUT2D eigenvalue weighted by Gasteiger charge is -2.29. The number of carbonyl (C=O) groups excluding carboxylic acids is 1. The third-order valence-corrected chi connectivity index (χ3v) is 4.78. The van der Waals surface area contributed by atoms with Crippen molar-refractivity contribution in [3.05, 3.63) is 73.2 Å². The van der Waals surface area contributed by atoms with E-state index in [4.69, 9.17) is 4.74 Å². The predicted molar refractivity (Wildman–Crippen MR) is 119 cm³/mol. The number of nitrogens with zero attached hydrogens (tertiary/aromatic N) is 3. The molecule has 2 aromatic carbocycles. The van der Waals surface area contributed by atoms with E-state index in [1.165, 1.54) is 12.1 Å². The molecule has 2 N–H and O–H groups in total. The van der Waals surface area contributed by atoms with E-state index in [1.807, 2.05) is 18.2 Å². The van der Waals surface area contributed by atoms with E-state index in [2.05, 4.69) is 38.1 Å². The van der Waals surface area contributed by atoms with Gasteiger partial charge in [-0.05, 0) is 48.5 Å². The molecule has 7 nitrogen and oxygen atoms in total. The fourth-order valence-electron chi connectivity index (χ4n) is 3.31. The van der Waals surface area contributed by atoms with Gasteiger partial charge in [0.15, 0.2) is 0 Å². The highest BCUT2D eigenvalue weighted by Gasteiger charge is 2.12. The second kappa shape index (κ2) is 9.36. The fraction of sp³-hybridized carbons (Fsp3) is 0.174. The number of carbonyl (C=O) groups is 1. The summed E-state index contributed by atoms with van der Waals surface area (Å²) in [6.45, 7) is 6.53. The van der Waals surface area contributed by atoms with Crippen molar-refractivity contribution in [1.29, 1.82) is 0 Å². The lowest BCUT2D eigenvalue weighted by Crippen LogP contribution is -2.36. The first-order valence-electron chi connectivity index (χ1n) is 9.88. The number of hydrogen-bond donors (Lipinski definition) is 2. The molecule has 0 saturated carbocycles. The standard InChI is InChI=1S/C23H22FN5O2/c1-2-22(30)26-19-13-16(12-17(24)14-19)21-6-7-25-23(28-21)27-18-4-3-5-20(15-18)29-8-10-31-11-9-29/h2-7,12-15H,1,8-11H2,(H,26,30)(H,25,27,28). The van der Waals surface area contributed by atoms with Crippen LogP contribution in [-0.2, 0) is 9.53 Å². The average Bonchev–Trinajstić information content (AvgIpc) is 2.79. The first-order chi connectivity index (χ1) is 15.1. The molecule has 1 aliphatic rings. The van der Waals surface area contributed by atoms with Gasteiger partial charge in [0.25, 0.3) is 0 Å². The Kier molecular flexibility index (Phi) is 6.18. The molecule has 3 aromatic rings. The van der Waals surface area contributed by atoms with E-state index in [9.17, 15) is 9.18 Å². The molecule has 8 heteroatoms. The molecule has 1 saturated heterocycles. The fourth-order valence-corrected chi connectivity index (χ4v) is 3.31. The minimum absolute atomic E-state index is 0.325. The van der Waals surface area contributed by atoms with Gasteiger partial charge in [0.05, 0.1) is 18.9 Å². The monoisotopic (exact) mass is 419 g/mol. The second-order valence-corrected chi connectivity index (χ2v) is 6.96. The van der Waals surface area contributed by atoms with Crippen LogP contribution in [0.25, 0.3) is 11.3 Å². The number of rotatable bonds is 6. The number of benzene rings is 2. The van der Waals surface area contributed by atoms with E-state index in [1.54, 1.807) is 18.3 Å². The summed E-state index contributed by atoms with van der Waals surface area (Å²) >= 11 is 0. The smallest absolute Gasteiger partial charge is 0.247 e. The number of morpholine rings is 1. The Labute approximate surface area is 179 Å². The normalized spacial score (nSPS) is 13.5. The van der Waals surface area contributed by atoms with Crippen LogP contribution in [0.1, 0.15) is 0 Å². The Balaban J connectivity index is 1.55. The van der Waals surface area contributed by atoms with Crippen LogP contribution in [0.4, 0.5) is 27.4 Å². The highest BCUT2D eigenvalue weighted by atomic mass is 19.1. The summed E-state index contributed by atoms with van der Waals surface area (Å²) in [5.74, 6) is -0.512. The van der Waals surface area contributed by atoms with Crippen molar-refractivity contribution in [2.45, 2.75) is 0 Å². The summed E-state index contributed by atoms with van der Waals surface area (Å²) in [7, 11) is 0. The zero-order valence-electron chi connectivity index (χ0n) is 16.8. The molecule has 31 heavy (non-hydrogen) atoms. The van der Waals surface area contributed by atoms with Crippen molar-refractivity contribution in [3.8, 4) is 11.3 Å². The first kappa shape index (κ1) is 20.5. The van der Waals surface area contributed by atoms with Crippen LogP contribution in [0.3, 0.4) is 0 Å². The molecule has 1 aromatic heterocycles. The highest BCUT2D eigenvalue weighted by molar-refractivity contribution is 5.99. The molecule has 1 amide bonds. The number of ether oxygens (including phenoxy) is 1. The molecule has 0 spiro atoms. The molecule has 4 rings (SSSR count). The third-order valence-electron chi connectivity index (χ3n) is 4.78. The Morgan fingerprint density at radius 2 is 1.97 bits per heavy atom. The number of halogens is 1. The van der Waals surface area contributed by atoms with Crippen LogP contribution in [0, 0.1) is 5.82 Å². The van der Waals surface area contributed by atoms with Crippen LogP contribution < -0.4 is 15.5 Å². The Bertz CT molecular complexity index is 1100. The van der Waals surface area contributed by atoms with Crippen LogP contribution >= 0.6 is 0 Å². The minimum Gasteiger partial charge on any atom is -0.378 e. The lowest BCUT2D eigenvalue weighted by atomic mass is 10.1.